The second kappa shape index (κ2) is 9.07. The summed E-state index contributed by atoms with van der Waals surface area (Å²) in [4.78, 5) is 28.5. The number of pyridine rings is 2. The van der Waals surface area contributed by atoms with Crippen molar-refractivity contribution in [2.24, 2.45) is 5.92 Å². The fourth-order valence-electron chi connectivity index (χ4n) is 4.57. The van der Waals surface area contributed by atoms with E-state index in [1.807, 2.05) is 24.3 Å². The molecule has 0 amide bonds. The molecule has 4 aromatic rings. The van der Waals surface area contributed by atoms with Gasteiger partial charge in [-0.1, -0.05) is 0 Å². The minimum atomic E-state index is -2.71. The van der Waals surface area contributed by atoms with E-state index in [1.165, 1.54) is 4.57 Å². The molecule has 1 aliphatic heterocycles. The van der Waals surface area contributed by atoms with Crippen molar-refractivity contribution in [1.82, 2.24) is 19.5 Å². The first-order chi connectivity index (χ1) is 17.9. The fourth-order valence-corrected chi connectivity index (χ4v) is 4.57. The molecule has 2 aliphatic rings. The van der Waals surface area contributed by atoms with Gasteiger partial charge in [0.15, 0.2) is 0 Å². The van der Waals surface area contributed by atoms with E-state index in [0.29, 0.717) is 41.1 Å². The summed E-state index contributed by atoms with van der Waals surface area (Å²) in [5, 5.41) is 4.22. The van der Waals surface area contributed by atoms with E-state index in [2.05, 4.69) is 20.2 Å². The van der Waals surface area contributed by atoms with Crippen LogP contribution in [0.2, 0.25) is 0 Å². The molecule has 3 N–H and O–H groups in total. The Kier molecular flexibility index (Phi) is 5.71. The number of alkyl halides is 2. The molecule has 37 heavy (non-hydrogen) atoms. The second-order valence-corrected chi connectivity index (χ2v) is 9.36. The molecule has 9 nitrogen and oxygen atoms in total. The number of rotatable bonds is 6. The third-order valence-electron chi connectivity index (χ3n) is 6.81. The van der Waals surface area contributed by atoms with Crippen LogP contribution in [0.1, 0.15) is 6.42 Å². The van der Waals surface area contributed by atoms with Gasteiger partial charge in [-0.3, -0.25) is 4.79 Å². The lowest BCUT2D eigenvalue weighted by Crippen LogP contribution is -2.36. The summed E-state index contributed by atoms with van der Waals surface area (Å²) >= 11 is 0. The molecule has 0 spiro atoms. The number of nitrogens with one attached hydrogen (secondary N) is 1. The third kappa shape index (κ3) is 4.69. The maximum atomic E-state index is 13.6. The predicted octanol–water partition coefficient (Wildman–Crippen LogP) is 3.67. The number of hydrogen-bond donors (Lipinski definition) is 2. The van der Waals surface area contributed by atoms with Crippen molar-refractivity contribution in [3.8, 4) is 11.3 Å². The van der Waals surface area contributed by atoms with E-state index >= 15 is 0 Å². The van der Waals surface area contributed by atoms with Gasteiger partial charge in [0.1, 0.15) is 5.82 Å². The largest absolute Gasteiger partial charge is 0.378 e. The number of nitrogen functional groups attached to an aromatic ring is 1. The van der Waals surface area contributed by atoms with Crippen molar-refractivity contribution in [1.29, 1.82) is 0 Å². The number of morpholine rings is 1. The highest BCUT2D eigenvalue weighted by Crippen LogP contribution is 2.49. The van der Waals surface area contributed by atoms with Crippen LogP contribution in [0.5, 0.6) is 0 Å². The Labute approximate surface area is 210 Å². The number of halogens is 2. The van der Waals surface area contributed by atoms with Crippen molar-refractivity contribution in [3.05, 3.63) is 65.3 Å². The van der Waals surface area contributed by atoms with Crippen LogP contribution in [-0.4, -0.2) is 51.7 Å². The van der Waals surface area contributed by atoms with E-state index in [0.717, 1.165) is 24.5 Å². The number of nitrogens with zero attached hydrogens (tertiary/aromatic N) is 5. The highest BCUT2D eigenvalue weighted by atomic mass is 19.3. The van der Waals surface area contributed by atoms with Gasteiger partial charge >= 0.3 is 0 Å². The quantitative estimate of drug-likeness (QED) is 0.408. The molecule has 1 atom stereocenters. The van der Waals surface area contributed by atoms with Gasteiger partial charge in [0.25, 0.3) is 11.5 Å². The summed E-state index contributed by atoms with van der Waals surface area (Å²) in [6.07, 6.45) is 4.48. The third-order valence-corrected chi connectivity index (χ3v) is 6.81. The van der Waals surface area contributed by atoms with Crippen LogP contribution in [0, 0.1) is 5.92 Å². The zero-order chi connectivity index (χ0) is 25.6. The summed E-state index contributed by atoms with van der Waals surface area (Å²) in [7, 11) is 0. The number of benzene rings is 1. The fraction of sp³-hybridized carbons (Fsp3) is 0.308. The Balaban J connectivity index is 1.39. The summed E-state index contributed by atoms with van der Waals surface area (Å²) in [6, 6.07) is 11.3. The summed E-state index contributed by atoms with van der Waals surface area (Å²) < 4.78 is 33.9. The van der Waals surface area contributed by atoms with Crippen LogP contribution in [0.4, 0.5) is 31.9 Å². The van der Waals surface area contributed by atoms with E-state index in [1.54, 1.807) is 30.7 Å². The Morgan fingerprint density at radius 3 is 2.49 bits per heavy atom. The molecule has 1 saturated carbocycles. The molecule has 0 bridgehead atoms. The highest BCUT2D eigenvalue weighted by molar-refractivity contribution is 5.95. The van der Waals surface area contributed by atoms with Crippen LogP contribution in [0.15, 0.2) is 59.8 Å². The Bertz CT molecular complexity index is 1500. The molecule has 0 radical (unpaired) electrons. The Morgan fingerprint density at radius 2 is 1.81 bits per heavy atom. The number of anilines is 4. The molecule has 1 saturated heterocycles. The lowest BCUT2D eigenvalue weighted by atomic mass is 10.1. The van der Waals surface area contributed by atoms with E-state index in [9.17, 15) is 13.6 Å². The molecule has 4 heterocycles. The molecule has 1 aromatic carbocycles. The standard InChI is InChI=1S/C26H25F2N7O2/c27-26(28)12-18(26)15-35-6-5-16-11-21(17-13-30-25(29)31-14-17)33-23(22(16)24(35)36)32-19-1-3-20(4-2-19)34-7-9-37-10-8-34/h1-6,11,13-14,18H,7-10,12,15H2,(H,32,33)(H2,29,30,31). The van der Waals surface area contributed by atoms with Gasteiger partial charge in [-0.2, -0.15) is 0 Å². The summed E-state index contributed by atoms with van der Waals surface area (Å²) in [5.41, 5.74) is 8.24. The predicted molar refractivity (Wildman–Crippen MR) is 137 cm³/mol. The number of aromatic nitrogens is 4. The van der Waals surface area contributed by atoms with Crippen molar-refractivity contribution in [2.75, 3.05) is 42.3 Å². The van der Waals surface area contributed by atoms with Gasteiger partial charge in [0.2, 0.25) is 5.95 Å². The first-order valence-electron chi connectivity index (χ1n) is 12.1. The van der Waals surface area contributed by atoms with Gasteiger partial charge < -0.3 is 25.3 Å². The molecule has 1 unspecified atom stereocenters. The zero-order valence-electron chi connectivity index (χ0n) is 19.9. The smallest absolute Gasteiger partial charge is 0.262 e. The lowest BCUT2D eigenvalue weighted by molar-refractivity contribution is 0.0949. The van der Waals surface area contributed by atoms with Crippen molar-refractivity contribution in [2.45, 2.75) is 18.9 Å². The van der Waals surface area contributed by atoms with Crippen molar-refractivity contribution >= 4 is 33.9 Å². The molecule has 1 aliphatic carbocycles. The van der Waals surface area contributed by atoms with Crippen LogP contribution in [-0.2, 0) is 11.3 Å². The summed E-state index contributed by atoms with van der Waals surface area (Å²) in [6.45, 7) is 2.99. The topological polar surface area (TPSA) is 111 Å². The van der Waals surface area contributed by atoms with Gasteiger partial charge in [0, 0.05) is 67.5 Å². The molecular weight excluding hydrogens is 480 g/mol. The number of ether oxygens (including phenoxy) is 1. The zero-order valence-corrected chi connectivity index (χ0v) is 19.9. The molecule has 190 valence electrons. The average molecular weight is 506 g/mol. The normalized spacial score (nSPS) is 18.6. The van der Waals surface area contributed by atoms with E-state index in [4.69, 9.17) is 15.5 Å². The van der Waals surface area contributed by atoms with E-state index in [-0.39, 0.29) is 24.5 Å². The highest BCUT2D eigenvalue weighted by Gasteiger charge is 2.56. The first kappa shape index (κ1) is 23.3. The van der Waals surface area contributed by atoms with Crippen molar-refractivity contribution < 1.29 is 13.5 Å². The maximum absolute atomic E-state index is 13.6. The Morgan fingerprint density at radius 1 is 1.11 bits per heavy atom. The van der Waals surface area contributed by atoms with Gasteiger partial charge in [-0.25, -0.2) is 23.7 Å². The van der Waals surface area contributed by atoms with Gasteiger partial charge in [0.05, 0.1) is 24.3 Å². The number of hydrogen-bond acceptors (Lipinski definition) is 8. The van der Waals surface area contributed by atoms with Gasteiger partial charge in [-0.15, -0.1) is 0 Å². The van der Waals surface area contributed by atoms with Crippen LogP contribution in [0.3, 0.4) is 0 Å². The molecule has 2 fully saturated rings. The van der Waals surface area contributed by atoms with Crippen LogP contribution >= 0.6 is 0 Å². The molecule has 11 heteroatoms. The maximum Gasteiger partial charge on any atom is 0.262 e. The summed E-state index contributed by atoms with van der Waals surface area (Å²) in [5.74, 6) is -3.08. The molecular formula is C26H25F2N7O2. The minimum absolute atomic E-state index is 0.0387. The molecule has 6 rings (SSSR count). The SMILES string of the molecule is Nc1ncc(-c2cc3ccn(CC4CC4(F)F)c(=O)c3c(Nc3ccc(N4CCOCC4)cc3)n2)cn1. The number of fused-ring (bicyclic) bond motifs is 1. The van der Waals surface area contributed by atoms with Crippen LogP contribution in [0.25, 0.3) is 22.0 Å². The van der Waals surface area contributed by atoms with E-state index < -0.39 is 11.8 Å². The lowest BCUT2D eigenvalue weighted by Gasteiger charge is -2.29. The average Bonchev–Trinajstić information content (AvgIpc) is 3.52. The number of nitrogens with two attached hydrogens (primary N) is 1. The van der Waals surface area contributed by atoms with Crippen LogP contribution < -0.4 is 21.5 Å². The minimum Gasteiger partial charge on any atom is -0.378 e. The Hall–Kier alpha value is -4.12. The monoisotopic (exact) mass is 505 g/mol. The molecule has 3 aromatic heterocycles. The first-order valence-corrected chi connectivity index (χ1v) is 12.1. The second-order valence-electron chi connectivity index (χ2n) is 9.36. The van der Waals surface area contributed by atoms with Crippen molar-refractivity contribution in [3.63, 3.8) is 0 Å². The van der Waals surface area contributed by atoms with Gasteiger partial charge in [-0.05, 0) is 41.8 Å².